The van der Waals surface area contributed by atoms with Crippen LogP contribution >= 0.6 is 22.6 Å². The van der Waals surface area contributed by atoms with Crippen molar-refractivity contribution in [2.24, 2.45) is 0 Å². The molecular formula is C12H13IN2O2. The zero-order chi connectivity index (χ0) is 12.6. The second-order valence-electron chi connectivity index (χ2n) is 4.04. The summed E-state index contributed by atoms with van der Waals surface area (Å²) < 4.78 is 0.878. The van der Waals surface area contributed by atoms with Crippen molar-refractivity contribution in [2.45, 2.75) is 26.3 Å². The molecule has 1 aliphatic rings. The van der Waals surface area contributed by atoms with Gasteiger partial charge in [0.15, 0.2) is 0 Å². The van der Waals surface area contributed by atoms with Gasteiger partial charge >= 0.3 is 0 Å². The van der Waals surface area contributed by atoms with Crippen LogP contribution in [0.2, 0.25) is 0 Å². The van der Waals surface area contributed by atoms with Crippen molar-refractivity contribution in [3.8, 4) is 0 Å². The maximum Gasteiger partial charge on any atom is 0.254 e. The van der Waals surface area contributed by atoms with E-state index < -0.39 is 6.04 Å². The molecule has 0 spiro atoms. The maximum absolute atomic E-state index is 12.1. The molecule has 1 aromatic carbocycles. The van der Waals surface area contributed by atoms with E-state index in [2.05, 4.69) is 33.2 Å². The van der Waals surface area contributed by atoms with Crippen molar-refractivity contribution in [1.82, 2.24) is 5.32 Å². The standard InChI is InChI=1S/C12H13IN2O2/c1-3-8-11(16)15-10-7(13)5-4-6(2)9(10)12(17)14-8/h4-5,8H,3H2,1-2H3,(H,14,17)(H,15,16). The monoisotopic (exact) mass is 344 g/mol. The number of amides is 2. The molecule has 0 aromatic heterocycles. The molecule has 0 fully saturated rings. The third-order valence-electron chi connectivity index (χ3n) is 2.87. The number of benzene rings is 1. The molecule has 17 heavy (non-hydrogen) atoms. The highest BCUT2D eigenvalue weighted by atomic mass is 127. The number of carbonyl (C=O) groups is 2. The summed E-state index contributed by atoms with van der Waals surface area (Å²) >= 11 is 2.12. The molecule has 1 unspecified atom stereocenters. The van der Waals surface area contributed by atoms with Gasteiger partial charge in [0, 0.05) is 3.57 Å². The summed E-state index contributed by atoms with van der Waals surface area (Å²) in [6, 6.07) is 3.33. The fraction of sp³-hybridized carbons (Fsp3) is 0.333. The minimum absolute atomic E-state index is 0.150. The Morgan fingerprint density at radius 2 is 2.06 bits per heavy atom. The van der Waals surface area contributed by atoms with Crippen LogP contribution in [0.25, 0.3) is 0 Å². The highest BCUT2D eigenvalue weighted by Crippen LogP contribution is 2.28. The Hall–Kier alpha value is -1.11. The Morgan fingerprint density at radius 1 is 1.35 bits per heavy atom. The smallest absolute Gasteiger partial charge is 0.254 e. The number of nitrogens with one attached hydrogen (secondary N) is 2. The maximum atomic E-state index is 12.1. The van der Waals surface area contributed by atoms with E-state index in [0.717, 1.165) is 9.13 Å². The molecule has 0 saturated heterocycles. The lowest BCUT2D eigenvalue weighted by Crippen LogP contribution is -2.40. The highest BCUT2D eigenvalue weighted by Gasteiger charge is 2.28. The summed E-state index contributed by atoms with van der Waals surface area (Å²) in [7, 11) is 0. The summed E-state index contributed by atoms with van der Waals surface area (Å²) in [6.45, 7) is 3.74. The molecule has 1 heterocycles. The number of rotatable bonds is 1. The summed E-state index contributed by atoms with van der Waals surface area (Å²) in [4.78, 5) is 24.0. The van der Waals surface area contributed by atoms with E-state index in [1.54, 1.807) is 0 Å². The van der Waals surface area contributed by atoms with Crippen LogP contribution in [-0.2, 0) is 4.79 Å². The minimum atomic E-state index is -0.454. The third-order valence-corrected chi connectivity index (χ3v) is 3.77. The summed E-state index contributed by atoms with van der Waals surface area (Å²) in [5, 5.41) is 5.58. The van der Waals surface area contributed by atoms with Gasteiger partial charge in [0.05, 0.1) is 11.3 Å². The van der Waals surface area contributed by atoms with Crippen molar-refractivity contribution < 1.29 is 9.59 Å². The number of hydrogen-bond donors (Lipinski definition) is 2. The van der Waals surface area contributed by atoms with Crippen molar-refractivity contribution >= 4 is 40.1 Å². The van der Waals surface area contributed by atoms with Crippen molar-refractivity contribution in [3.05, 3.63) is 26.8 Å². The van der Waals surface area contributed by atoms with Crippen molar-refractivity contribution in [2.75, 3.05) is 5.32 Å². The molecule has 0 aliphatic carbocycles. The van der Waals surface area contributed by atoms with Crippen LogP contribution in [0, 0.1) is 10.5 Å². The molecule has 2 amide bonds. The third kappa shape index (κ3) is 2.15. The lowest BCUT2D eigenvalue weighted by Gasteiger charge is -2.11. The Balaban J connectivity index is 2.57. The first-order valence-corrected chi connectivity index (χ1v) is 6.53. The van der Waals surface area contributed by atoms with Crippen LogP contribution in [0.3, 0.4) is 0 Å². The summed E-state index contributed by atoms with van der Waals surface area (Å²) in [5.41, 5.74) is 2.07. The Bertz CT molecular complexity index is 500. The zero-order valence-corrected chi connectivity index (χ0v) is 11.8. The number of carbonyl (C=O) groups excluding carboxylic acids is 2. The van der Waals surface area contributed by atoms with Gasteiger partial charge in [0.1, 0.15) is 6.04 Å². The lowest BCUT2D eigenvalue weighted by atomic mass is 10.1. The number of hydrogen-bond acceptors (Lipinski definition) is 2. The predicted molar refractivity (Wildman–Crippen MR) is 74.1 cm³/mol. The molecule has 2 N–H and O–H groups in total. The normalized spacial score (nSPS) is 19.1. The van der Waals surface area contributed by atoms with Crippen molar-refractivity contribution in [3.63, 3.8) is 0 Å². The second kappa shape index (κ2) is 4.64. The van der Waals surface area contributed by atoms with Crippen molar-refractivity contribution in [1.29, 1.82) is 0 Å². The fourth-order valence-electron chi connectivity index (χ4n) is 1.89. The van der Waals surface area contributed by atoms with Gasteiger partial charge in [-0.1, -0.05) is 13.0 Å². The van der Waals surface area contributed by atoms with E-state index in [0.29, 0.717) is 17.7 Å². The van der Waals surface area contributed by atoms with Gasteiger partial charge in [0.25, 0.3) is 5.91 Å². The Kier molecular flexibility index (Phi) is 3.37. The van der Waals surface area contributed by atoms with Crippen LogP contribution in [-0.4, -0.2) is 17.9 Å². The van der Waals surface area contributed by atoms with Gasteiger partial charge in [-0.15, -0.1) is 0 Å². The molecule has 1 aliphatic heterocycles. The van der Waals surface area contributed by atoms with Gasteiger partial charge in [0.2, 0.25) is 5.91 Å². The number of halogens is 1. The molecule has 4 nitrogen and oxygen atoms in total. The van der Waals surface area contributed by atoms with Gasteiger partial charge in [-0.2, -0.15) is 0 Å². The molecule has 0 radical (unpaired) electrons. The van der Waals surface area contributed by atoms with E-state index in [4.69, 9.17) is 0 Å². The number of fused-ring (bicyclic) bond motifs is 1. The zero-order valence-electron chi connectivity index (χ0n) is 9.63. The summed E-state index contributed by atoms with van der Waals surface area (Å²) in [6.07, 6.45) is 0.585. The predicted octanol–water partition coefficient (Wildman–Crippen LogP) is 2.06. The molecule has 90 valence electrons. The molecule has 2 rings (SSSR count). The first kappa shape index (κ1) is 12.3. The topological polar surface area (TPSA) is 58.2 Å². The molecule has 1 aromatic rings. The van der Waals surface area contributed by atoms with Gasteiger partial charge in [-0.3, -0.25) is 9.59 Å². The second-order valence-corrected chi connectivity index (χ2v) is 5.20. The molecule has 1 atom stereocenters. The molecule has 5 heteroatoms. The van der Waals surface area contributed by atoms with E-state index >= 15 is 0 Å². The molecular weight excluding hydrogens is 331 g/mol. The van der Waals surface area contributed by atoms with Gasteiger partial charge in [-0.05, 0) is 47.6 Å². The quantitative estimate of drug-likeness (QED) is 0.767. The fourth-order valence-corrected chi connectivity index (χ4v) is 2.47. The van der Waals surface area contributed by atoms with E-state index in [9.17, 15) is 9.59 Å². The average Bonchev–Trinajstić information content (AvgIpc) is 2.42. The van der Waals surface area contributed by atoms with Crippen LogP contribution in [0.5, 0.6) is 0 Å². The van der Waals surface area contributed by atoms with Crippen LogP contribution < -0.4 is 10.6 Å². The van der Waals surface area contributed by atoms with Crippen LogP contribution in [0.4, 0.5) is 5.69 Å². The minimum Gasteiger partial charge on any atom is -0.340 e. The Morgan fingerprint density at radius 3 is 2.71 bits per heavy atom. The van der Waals surface area contributed by atoms with E-state index in [1.165, 1.54) is 0 Å². The van der Waals surface area contributed by atoms with Gasteiger partial charge < -0.3 is 10.6 Å². The molecule has 0 bridgehead atoms. The van der Waals surface area contributed by atoms with E-state index in [1.807, 2.05) is 26.0 Å². The SMILES string of the molecule is CCC1NC(=O)c2c(C)ccc(I)c2NC1=O. The molecule has 0 saturated carbocycles. The van der Waals surface area contributed by atoms with Gasteiger partial charge in [-0.25, -0.2) is 0 Å². The van der Waals surface area contributed by atoms with E-state index in [-0.39, 0.29) is 11.8 Å². The lowest BCUT2D eigenvalue weighted by molar-refractivity contribution is -0.117. The van der Waals surface area contributed by atoms with Crippen LogP contribution in [0.1, 0.15) is 29.3 Å². The largest absolute Gasteiger partial charge is 0.340 e. The number of aryl methyl sites for hydroxylation is 1. The average molecular weight is 344 g/mol. The first-order valence-electron chi connectivity index (χ1n) is 5.45. The summed E-state index contributed by atoms with van der Waals surface area (Å²) in [5.74, 6) is -0.329. The van der Waals surface area contributed by atoms with Crippen LogP contribution in [0.15, 0.2) is 12.1 Å². The highest BCUT2D eigenvalue weighted by molar-refractivity contribution is 14.1. The number of anilines is 1. The first-order chi connectivity index (χ1) is 8.04. The Labute approximate surface area is 113 Å².